The van der Waals surface area contributed by atoms with Crippen molar-refractivity contribution in [1.82, 2.24) is 5.43 Å². The maximum absolute atomic E-state index is 12.3. The van der Waals surface area contributed by atoms with Crippen LogP contribution in [0.3, 0.4) is 0 Å². The van der Waals surface area contributed by atoms with E-state index < -0.39 is 6.04 Å². The smallest absolute Gasteiger partial charge is 0.262 e. The van der Waals surface area contributed by atoms with Crippen LogP contribution in [0.2, 0.25) is 0 Å². The van der Waals surface area contributed by atoms with Crippen molar-refractivity contribution in [2.45, 2.75) is 13.0 Å². The van der Waals surface area contributed by atoms with Crippen LogP contribution in [0.15, 0.2) is 46.0 Å². The molecule has 0 aromatic heterocycles. The van der Waals surface area contributed by atoms with Gasteiger partial charge >= 0.3 is 0 Å². The van der Waals surface area contributed by atoms with E-state index in [1.54, 1.807) is 40.4 Å². The number of halogens is 1. The van der Waals surface area contributed by atoms with Crippen molar-refractivity contribution in [3.05, 3.63) is 46.4 Å². The third-order valence-electron chi connectivity index (χ3n) is 3.75. The van der Waals surface area contributed by atoms with Gasteiger partial charge in [-0.25, -0.2) is 5.43 Å². The van der Waals surface area contributed by atoms with Gasteiger partial charge in [-0.2, -0.15) is 5.10 Å². The van der Waals surface area contributed by atoms with Gasteiger partial charge in [0, 0.05) is 11.6 Å². The van der Waals surface area contributed by atoms with Gasteiger partial charge in [0.25, 0.3) is 5.91 Å². The van der Waals surface area contributed by atoms with Gasteiger partial charge in [0.05, 0.1) is 37.7 Å². The van der Waals surface area contributed by atoms with E-state index in [9.17, 15) is 4.79 Å². The summed E-state index contributed by atoms with van der Waals surface area (Å²) in [5.74, 6) is 1.59. The summed E-state index contributed by atoms with van der Waals surface area (Å²) in [5, 5.41) is 7.11. The minimum Gasteiger partial charge on any atom is -0.496 e. The van der Waals surface area contributed by atoms with E-state index >= 15 is 0 Å². The number of carbonyl (C=O) groups is 1. The van der Waals surface area contributed by atoms with Crippen LogP contribution in [0.25, 0.3) is 0 Å². The fourth-order valence-corrected chi connectivity index (χ4v) is 2.83. The first-order chi connectivity index (χ1) is 13.0. The Hall–Kier alpha value is -2.74. The zero-order valence-corrected chi connectivity index (χ0v) is 17.2. The number of hydrazone groups is 1. The Labute approximate surface area is 166 Å². The van der Waals surface area contributed by atoms with Crippen molar-refractivity contribution in [1.29, 1.82) is 0 Å². The van der Waals surface area contributed by atoms with Gasteiger partial charge in [0.15, 0.2) is 0 Å². The van der Waals surface area contributed by atoms with Crippen LogP contribution in [-0.4, -0.2) is 39.5 Å². The van der Waals surface area contributed by atoms with Crippen molar-refractivity contribution in [2.75, 3.05) is 26.6 Å². The van der Waals surface area contributed by atoms with E-state index in [0.29, 0.717) is 22.8 Å². The lowest BCUT2D eigenvalue weighted by atomic mass is 10.2. The number of methoxy groups -OCH3 is 3. The summed E-state index contributed by atoms with van der Waals surface area (Å²) in [4.78, 5) is 12.3. The molecule has 0 aliphatic carbocycles. The number of para-hydroxylation sites is 2. The van der Waals surface area contributed by atoms with Crippen LogP contribution in [0, 0.1) is 0 Å². The maximum atomic E-state index is 12.3. The average Bonchev–Trinajstić information content (AvgIpc) is 2.68. The molecule has 0 radical (unpaired) electrons. The number of benzene rings is 2. The minimum atomic E-state index is -0.511. The summed E-state index contributed by atoms with van der Waals surface area (Å²) in [6.45, 7) is 1.74. The highest BCUT2D eigenvalue weighted by molar-refractivity contribution is 9.10. The predicted octanol–water partition coefficient (Wildman–Crippen LogP) is 3.43. The second-order valence-corrected chi connectivity index (χ2v) is 6.38. The summed E-state index contributed by atoms with van der Waals surface area (Å²) < 4.78 is 16.6. The summed E-state index contributed by atoms with van der Waals surface area (Å²) in [5.41, 5.74) is 3.93. The summed E-state index contributed by atoms with van der Waals surface area (Å²) in [6, 6.07) is 10.4. The maximum Gasteiger partial charge on any atom is 0.262 e. The summed E-state index contributed by atoms with van der Waals surface area (Å²) >= 11 is 3.41. The molecule has 0 fully saturated rings. The van der Waals surface area contributed by atoms with Crippen molar-refractivity contribution in [2.24, 2.45) is 5.10 Å². The highest BCUT2D eigenvalue weighted by Gasteiger charge is 2.14. The molecule has 1 atom stereocenters. The van der Waals surface area contributed by atoms with Gasteiger partial charge in [-0.15, -0.1) is 0 Å². The molecular weight excluding hydrogens is 414 g/mol. The molecule has 0 heterocycles. The quantitative estimate of drug-likeness (QED) is 0.490. The summed E-state index contributed by atoms with van der Waals surface area (Å²) in [7, 11) is 4.71. The van der Waals surface area contributed by atoms with Gasteiger partial charge in [-0.05, 0) is 41.1 Å². The molecule has 2 rings (SSSR count). The van der Waals surface area contributed by atoms with Crippen LogP contribution in [0.4, 0.5) is 5.69 Å². The second-order valence-electron chi connectivity index (χ2n) is 5.53. The Morgan fingerprint density at radius 1 is 1.07 bits per heavy atom. The molecule has 2 aromatic carbocycles. The van der Waals surface area contributed by atoms with Crippen molar-refractivity contribution in [3.63, 3.8) is 0 Å². The monoisotopic (exact) mass is 435 g/mol. The van der Waals surface area contributed by atoms with Crippen LogP contribution in [0.1, 0.15) is 12.5 Å². The third-order valence-corrected chi connectivity index (χ3v) is 4.37. The van der Waals surface area contributed by atoms with Crippen LogP contribution in [0.5, 0.6) is 17.2 Å². The lowest BCUT2D eigenvalue weighted by molar-refractivity contribution is -0.121. The van der Waals surface area contributed by atoms with E-state index in [0.717, 1.165) is 10.2 Å². The topological polar surface area (TPSA) is 81.2 Å². The first-order valence-electron chi connectivity index (χ1n) is 8.14. The molecule has 0 saturated heterocycles. The molecule has 2 aromatic rings. The number of rotatable bonds is 8. The molecule has 0 spiro atoms. The molecule has 2 N–H and O–H groups in total. The average molecular weight is 436 g/mol. The number of amides is 1. The molecule has 8 heteroatoms. The Kier molecular flexibility index (Phi) is 7.48. The van der Waals surface area contributed by atoms with Gasteiger partial charge in [-0.1, -0.05) is 12.1 Å². The number of nitrogens with one attached hydrogen (secondary N) is 2. The molecule has 7 nitrogen and oxygen atoms in total. The molecule has 0 aliphatic heterocycles. The van der Waals surface area contributed by atoms with E-state index in [1.165, 1.54) is 6.21 Å². The fraction of sp³-hybridized carbons (Fsp3) is 0.263. The Bertz CT molecular complexity index is 827. The van der Waals surface area contributed by atoms with Gasteiger partial charge in [0.2, 0.25) is 0 Å². The number of ether oxygens (including phenoxy) is 3. The van der Waals surface area contributed by atoms with Crippen LogP contribution >= 0.6 is 15.9 Å². The first-order valence-corrected chi connectivity index (χ1v) is 8.93. The van der Waals surface area contributed by atoms with Crippen molar-refractivity contribution >= 4 is 33.7 Å². The lowest BCUT2D eigenvalue weighted by Crippen LogP contribution is -2.35. The molecule has 27 heavy (non-hydrogen) atoms. The van der Waals surface area contributed by atoms with E-state index in [-0.39, 0.29) is 5.91 Å². The largest absolute Gasteiger partial charge is 0.496 e. The van der Waals surface area contributed by atoms with Crippen molar-refractivity contribution < 1.29 is 19.0 Å². The SMILES string of the molecule is COc1cc(OC)c(/C=N\NC(=O)[C@H](C)Nc2ccccc2OC)cc1Br. The second kappa shape index (κ2) is 9.82. The predicted molar refractivity (Wildman–Crippen MR) is 109 cm³/mol. The normalized spacial score (nSPS) is 11.7. The Balaban J connectivity index is 2.03. The number of nitrogens with zero attached hydrogens (tertiary/aromatic N) is 1. The fourth-order valence-electron chi connectivity index (χ4n) is 2.31. The number of hydrogen-bond acceptors (Lipinski definition) is 6. The van der Waals surface area contributed by atoms with Gasteiger partial charge < -0.3 is 19.5 Å². The zero-order chi connectivity index (χ0) is 19.8. The van der Waals surface area contributed by atoms with E-state index in [1.807, 2.05) is 24.3 Å². The third kappa shape index (κ3) is 5.37. The summed E-state index contributed by atoms with van der Waals surface area (Å²) in [6.07, 6.45) is 1.51. The van der Waals surface area contributed by atoms with Crippen LogP contribution < -0.4 is 25.0 Å². The Morgan fingerprint density at radius 2 is 1.74 bits per heavy atom. The van der Waals surface area contributed by atoms with Gasteiger partial charge in [0.1, 0.15) is 23.3 Å². The van der Waals surface area contributed by atoms with Gasteiger partial charge in [-0.3, -0.25) is 4.79 Å². The first kappa shape index (κ1) is 20.6. The van der Waals surface area contributed by atoms with Crippen molar-refractivity contribution in [3.8, 4) is 17.2 Å². The zero-order valence-electron chi connectivity index (χ0n) is 15.6. The molecule has 0 aliphatic rings. The Morgan fingerprint density at radius 3 is 2.41 bits per heavy atom. The van der Waals surface area contributed by atoms with E-state index in [2.05, 4.69) is 31.8 Å². The molecule has 0 saturated carbocycles. The van der Waals surface area contributed by atoms with E-state index in [4.69, 9.17) is 14.2 Å². The molecule has 0 unspecified atom stereocenters. The molecule has 0 bridgehead atoms. The standard InChI is InChI=1S/C19H22BrN3O4/c1-12(22-15-7-5-6-8-16(15)25-2)19(24)23-21-11-13-9-14(20)18(27-4)10-17(13)26-3/h5-12,22H,1-4H3,(H,23,24)/b21-11-/t12-/m0/s1. The molecule has 1 amide bonds. The molecular formula is C19H22BrN3O4. The highest BCUT2D eigenvalue weighted by Crippen LogP contribution is 2.32. The lowest BCUT2D eigenvalue weighted by Gasteiger charge is -2.16. The number of carbonyl (C=O) groups excluding carboxylic acids is 1. The number of anilines is 1. The molecule has 144 valence electrons. The highest BCUT2D eigenvalue weighted by atomic mass is 79.9. The van der Waals surface area contributed by atoms with Crippen LogP contribution in [-0.2, 0) is 4.79 Å². The number of hydrogen-bond donors (Lipinski definition) is 2. The minimum absolute atomic E-state index is 0.288.